The number of carbonyl (C=O) groups excluding carboxylic acids is 2. The summed E-state index contributed by atoms with van der Waals surface area (Å²) in [6.45, 7) is 2.28. The number of ether oxygens (including phenoxy) is 1. The zero-order valence-corrected chi connectivity index (χ0v) is 16.3. The summed E-state index contributed by atoms with van der Waals surface area (Å²) in [4.78, 5) is 31.3. The molecule has 2 aliphatic rings. The third-order valence-corrected chi connectivity index (χ3v) is 6.25. The second-order valence-corrected chi connectivity index (χ2v) is 8.12. The second kappa shape index (κ2) is 9.35. The minimum Gasteiger partial charge on any atom is -0.466 e. The molecule has 0 radical (unpaired) electrons. The molecule has 2 amide bonds. The van der Waals surface area contributed by atoms with E-state index in [0.29, 0.717) is 17.8 Å². The maximum atomic E-state index is 13.0. The molecule has 0 unspecified atom stereocenters. The molecule has 144 valence electrons. The number of amides is 2. The number of hydrogen-bond donors (Lipinski definition) is 1. The van der Waals surface area contributed by atoms with Gasteiger partial charge in [-0.2, -0.15) is 0 Å². The molecule has 1 heterocycles. The zero-order valence-electron chi connectivity index (χ0n) is 15.5. The number of rotatable bonds is 5. The van der Waals surface area contributed by atoms with Crippen LogP contribution in [0.2, 0.25) is 0 Å². The lowest BCUT2D eigenvalue weighted by Crippen LogP contribution is -2.51. The SMILES string of the molecule is CCOC(=O)C1CCC(N(C(=O)Nc2nccs2)C2CCCCC2)CC1. The Morgan fingerprint density at radius 1 is 1.15 bits per heavy atom. The van der Waals surface area contributed by atoms with Crippen molar-refractivity contribution in [3.8, 4) is 0 Å². The minimum absolute atomic E-state index is 0.0126. The molecule has 26 heavy (non-hydrogen) atoms. The first-order valence-electron chi connectivity index (χ1n) is 9.84. The Hall–Kier alpha value is -1.63. The molecule has 7 heteroatoms. The number of aromatic nitrogens is 1. The Morgan fingerprint density at radius 2 is 1.85 bits per heavy atom. The molecule has 0 aromatic carbocycles. The number of carbonyl (C=O) groups is 2. The molecule has 3 rings (SSSR count). The number of urea groups is 1. The van der Waals surface area contributed by atoms with E-state index in [1.807, 2.05) is 12.3 Å². The Morgan fingerprint density at radius 3 is 2.46 bits per heavy atom. The normalized spacial score (nSPS) is 24.0. The Kier molecular flexibility index (Phi) is 6.88. The summed E-state index contributed by atoms with van der Waals surface area (Å²) in [6, 6.07) is 0.461. The Balaban J connectivity index is 1.65. The van der Waals surface area contributed by atoms with Gasteiger partial charge in [-0.25, -0.2) is 9.78 Å². The fourth-order valence-electron chi connectivity index (χ4n) is 4.28. The molecule has 0 aliphatic heterocycles. The molecule has 1 N–H and O–H groups in total. The summed E-state index contributed by atoms with van der Waals surface area (Å²) < 4.78 is 5.17. The first-order chi connectivity index (χ1) is 12.7. The van der Waals surface area contributed by atoms with Gasteiger partial charge in [0.25, 0.3) is 0 Å². The topological polar surface area (TPSA) is 71.5 Å². The minimum atomic E-state index is -0.0811. The largest absolute Gasteiger partial charge is 0.466 e. The highest BCUT2D eigenvalue weighted by molar-refractivity contribution is 7.13. The van der Waals surface area contributed by atoms with Gasteiger partial charge in [0.1, 0.15) is 0 Å². The summed E-state index contributed by atoms with van der Waals surface area (Å²) in [5, 5.41) is 5.49. The number of hydrogen-bond acceptors (Lipinski definition) is 5. The van der Waals surface area contributed by atoms with Crippen LogP contribution in [-0.4, -0.2) is 40.6 Å². The Bertz CT molecular complexity index is 579. The molecule has 2 aliphatic carbocycles. The van der Waals surface area contributed by atoms with Crippen LogP contribution in [0.15, 0.2) is 11.6 Å². The van der Waals surface area contributed by atoms with Crippen molar-refractivity contribution < 1.29 is 14.3 Å². The van der Waals surface area contributed by atoms with E-state index in [1.165, 1.54) is 30.6 Å². The molecule has 2 saturated carbocycles. The first kappa shape index (κ1) is 19.1. The van der Waals surface area contributed by atoms with Crippen molar-refractivity contribution in [2.75, 3.05) is 11.9 Å². The van der Waals surface area contributed by atoms with E-state index in [0.717, 1.165) is 38.5 Å². The van der Waals surface area contributed by atoms with Gasteiger partial charge < -0.3 is 9.64 Å². The van der Waals surface area contributed by atoms with Gasteiger partial charge in [-0.3, -0.25) is 10.1 Å². The van der Waals surface area contributed by atoms with Crippen molar-refractivity contribution in [1.82, 2.24) is 9.88 Å². The first-order valence-corrected chi connectivity index (χ1v) is 10.7. The molecule has 0 saturated heterocycles. The molecule has 0 spiro atoms. The van der Waals surface area contributed by atoms with Gasteiger partial charge in [-0.05, 0) is 45.4 Å². The van der Waals surface area contributed by atoms with Gasteiger partial charge in [0.05, 0.1) is 12.5 Å². The van der Waals surface area contributed by atoms with E-state index >= 15 is 0 Å². The number of nitrogens with one attached hydrogen (secondary N) is 1. The summed E-state index contributed by atoms with van der Waals surface area (Å²) in [7, 11) is 0. The second-order valence-electron chi connectivity index (χ2n) is 7.22. The monoisotopic (exact) mass is 379 g/mol. The predicted octanol–water partition coefficient (Wildman–Crippen LogP) is 4.43. The molecule has 0 atom stereocenters. The molecular weight excluding hydrogens is 350 g/mol. The van der Waals surface area contributed by atoms with Gasteiger partial charge in [0, 0.05) is 23.7 Å². The zero-order chi connectivity index (χ0) is 18.4. The van der Waals surface area contributed by atoms with E-state index in [1.54, 1.807) is 6.20 Å². The van der Waals surface area contributed by atoms with Gasteiger partial charge in [-0.1, -0.05) is 19.3 Å². The van der Waals surface area contributed by atoms with Gasteiger partial charge in [-0.15, -0.1) is 11.3 Å². The third kappa shape index (κ3) is 4.75. The summed E-state index contributed by atoms with van der Waals surface area (Å²) in [5.74, 6) is -0.0937. The van der Waals surface area contributed by atoms with Crippen LogP contribution < -0.4 is 5.32 Å². The molecule has 1 aromatic heterocycles. The van der Waals surface area contributed by atoms with Crippen molar-refractivity contribution in [2.24, 2.45) is 5.92 Å². The predicted molar refractivity (Wildman–Crippen MR) is 102 cm³/mol. The lowest BCUT2D eigenvalue weighted by molar-refractivity contribution is -0.149. The number of anilines is 1. The quantitative estimate of drug-likeness (QED) is 0.768. The highest BCUT2D eigenvalue weighted by atomic mass is 32.1. The fourth-order valence-corrected chi connectivity index (χ4v) is 4.80. The van der Waals surface area contributed by atoms with E-state index in [4.69, 9.17) is 4.74 Å². The van der Waals surface area contributed by atoms with Crippen molar-refractivity contribution in [2.45, 2.75) is 76.8 Å². The summed E-state index contributed by atoms with van der Waals surface area (Å²) >= 11 is 1.44. The lowest BCUT2D eigenvalue weighted by Gasteiger charge is -2.42. The highest BCUT2D eigenvalue weighted by Gasteiger charge is 2.36. The maximum absolute atomic E-state index is 13.0. The number of nitrogens with zero attached hydrogens (tertiary/aromatic N) is 2. The smallest absolute Gasteiger partial charge is 0.324 e. The van der Waals surface area contributed by atoms with Crippen LogP contribution in [0.25, 0.3) is 0 Å². The van der Waals surface area contributed by atoms with Crippen LogP contribution in [-0.2, 0) is 9.53 Å². The van der Waals surface area contributed by atoms with Crippen LogP contribution in [0.4, 0.5) is 9.93 Å². The molecule has 2 fully saturated rings. The van der Waals surface area contributed by atoms with E-state index < -0.39 is 0 Å². The summed E-state index contributed by atoms with van der Waals surface area (Å²) in [6.07, 6.45) is 10.8. The van der Waals surface area contributed by atoms with Gasteiger partial charge in [0.15, 0.2) is 5.13 Å². The van der Waals surface area contributed by atoms with Gasteiger partial charge in [0.2, 0.25) is 0 Å². The van der Waals surface area contributed by atoms with E-state index in [9.17, 15) is 9.59 Å². The van der Waals surface area contributed by atoms with Crippen LogP contribution in [0.3, 0.4) is 0 Å². The summed E-state index contributed by atoms with van der Waals surface area (Å²) in [5.41, 5.74) is 0. The van der Waals surface area contributed by atoms with Crippen LogP contribution in [0, 0.1) is 5.92 Å². The van der Waals surface area contributed by atoms with E-state index in [-0.39, 0.29) is 24.0 Å². The number of esters is 1. The number of thiazole rings is 1. The van der Waals surface area contributed by atoms with Crippen LogP contribution in [0.5, 0.6) is 0 Å². The van der Waals surface area contributed by atoms with Crippen molar-refractivity contribution >= 4 is 28.5 Å². The lowest BCUT2D eigenvalue weighted by atomic mass is 9.83. The van der Waals surface area contributed by atoms with Gasteiger partial charge >= 0.3 is 12.0 Å². The average Bonchev–Trinajstić information content (AvgIpc) is 3.16. The molecule has 0 bridgehead atoms. The standard InChI is InChI=1S/C19H29N3O3S/c1-2-25-17(23)14-8-10-16(11-9-14)22(15-6-4-3-5-7-15)19(24)21-18-20-12-13-26-18/h12-16H,2-11H2,1H3,(H,20,21,24). The molecule has 6 nitrogen and oxygen atoms in total. The third-order valence-electron chi connectivity index (χ3n) is 5.56. The Labute approximate surface area is 159 Å². The van der Waals surface area contributed by atoms with E-state index in [2.05, 4.69) is 15.2 Å². The van der Waals surface area contributed by atoms with Crippen molar-refractivity contribution in [3.05, 3.63) is 11.6 Å². The maximum Gasteiger partial charge on any atom is 0.324 e. The van der Waals surface area contributed by atoms with Crippen LogP contribution in [0.1, 0.15) is 64.7 Å². The van der Waals surface area contributed by atoms with Crippen molar-refractivity contribution in [3.63, 3.8) is 0 Å². The highest BCUT2D eigenvalue weighted by Crippen LogP contribution is 2.33. The van der Waals surface area contributed by atoms with Crippen molar-refractivity contribution in [1.29, 1.82) is 0 Å². The fraction of sp³-hybridized carbons (Fsp3) is 0.737. The molecular formula is C19H29N3O3S. The average molecular weight is 380 g/mol. The molecule has 1 aromatic rings. The van der Waals surface area contributed by atoms with Crippen LogP contribution >= 0.6 is 11.3 Å².